The van der Waals surface area contributed by atoms with Gasteiger partial charge in [0.1, 0.15) is 11.4 Å². The van der Waals surface area contributed by atoms with Crippen LogP contribution in [0.3, 0.4) is 0 Å². The van der Waals surface area contributed by atoms with Gasteiger partial charge in [0.25, 0.3) is 5.91 Å². The van der Waals surface area contributed by atoms with Crippen molar-refractivity contribution in [3.05, 3.63) is 89.2 Å². The van der Waals surface area contributed by atoms with Crippen LogP contribution in [-0.4, -0.2) is 47.2 Å². The number of amides is 1. The van der Waals surface area contributed by atoms with Crippen molar-refractivity contribution >= 4 is 62.7 Å². The number of anilines is 3. The van der Waals surface area contributed by atoms with E-state index >= 15 is 0 Å². The minimum atomic E-state index is -0.248. The second kappa shape index (κ2) is 11.9. The molecule has 9 heteroatoms. The van der Waals surface area contributed by atoms with Crippen LogP contribution in [-0.2, 0) is 6.42 Å². The van der Waals surface area contributed by atoms with Gasteiger partial charge < -0.3 is 26.0 Å². The van der Waals surface area contributed by atoms with Gasteiger partial charge >= 0.3 is 0 Å². The van der Waals surface area contributed by atoms with Crippen molar-refractivity contribution in [2.75, 3.05) is 35.9 Å². The summed E-state index contributed by atoms with van der Waals surface area (Å²) < 4.78 is 0. The van der Waals surface area contributed by atoms with E-state index in [0.29, 0.717) is 40.3 Å². The number of carbonyl (C=O) groups excluding carboxylic acids is 2. The summed E-state index contributed by atoms with van der Waals surface area (Å²) in [5.41, 5.74) is 12.1. The highest BCUT2D eigenvalue weighted by atomic mass is 35.5. The van der Waals surface area contributed by atoms with Crippen molar-refractivity contribution in [1.82, 2.24) is 9.97 Å². The number of nitrogens with zero attached hydrogens (tertiary/aromatic N) is 2. The largest absolute Gasteiger partial charge is 0.507 e. The Balaban J connectivity index is 0.000000175. The third kappa shape index (κ3) is 5.81. The molecule has 1 aliphatic heterocycles. The molecule has 0 saturated heterocycles. The summed E-state index contributed by atoms with van der Waals surface area (Å²) in [6.45, 7) is 3.16. The first-order chi connectivity index (χ1) is 18.8. The third-order valence-electron chi connectivity index (χ3n) is 6.59. The molecule has 3 aromatic carbocycles. The van der Waals surface area contributed by atoms with E-state index in [4.69, 9.17) is 5.73 Å². The number of benzene rings is 3. The molecule has 3 heterocycles. The van der Waals surface area contributed by atoms with Crippen LogP contribution < -0.4 is 16.0 Å². The fourth-order valence-electron chi connectivity index (χ4n) is 4.70. The number of aromatic nitrogens is 2. The average molecular weight is 544 g/mol. The summed E-state index contributed by atoms with van der Waals surface area (Å²) in [5.74, 6) is 0.147. The predicted molar refractivity (Wildman–Crippen MR) is 159 cm³/mol. The number of rotatable bonds is 3. The molecule has 1 amide bonds. The van der Waals surface area contributed by atoms with Gasteiger partial charge in [-0.25, -0.2) is 4.98 Å². The quantitative estimate of drug-likeness (QED) is 0.127. The van der Waals surface area contributed by atoms with Crippen molar-refractivity contribution in [3.8, 4) is 5.75 Å². The Labute approximate surface area is 231 Å². The highest BCUT2D eigenvalue weighted by molar-refractivity contribution is 6.15. The molecule has 0 unspecified atom stereocenters. The van der Waals surface area contributed by atoms with Gasteiger partial charge in [0, 0.05) is 53.8 Å². The fourth-order valence-corrected chi connectivity index (χ4v) is 4.70. The molecule has 0 bridgehead atoms. The molecular formula is C30H30ClN5O3. The van der Waals surface area contributed by atoms with Crippen LogP contribution in [0.15, 0.2) is 66.9 Å². The van der Waals surface area contributed by atoms with E-state index in [-0.39, 0.29) is 5.91 Å². The number of phenolic OH excluding ortho intramolecular Hbond substituents is 1. The number of aldehydes is 1. The SMILES string of the molecule is CCl.Cc1cccc2c(O)cc3c(c12)CCN3C.Nc1ccc(C(=O)Nc2cnc3[nH]c(C=O)cc3c2)cc1. The first-order valence-electron chi connectivity index (χ1n) is 12.3. The summed E-state index contributed by atoms with van der Waals surface area (Å²) in [6.07, 6.45) is 4.80. The second-order valence-corrected chi connectivity index (χ2v) is 9.14. The number of nitrogen functional groups attached to an aromatic ring is 1. The molecule has 0 aliphatic carbocycles. The van der Waals surface area contributed by atoms with Crippen LogP contribution in [0.2, 0.25) is 0 Å². The van der Waals surface area contributed by atoms with E-state index in [2.05, 4.69) is 51.8 Å². The first kappa shape index (κ1) is 27.5. The molecule has 5 N–H and O–H groups in total. The van der Waals surface area contributed by atoms with E-state index in [1.165, 1.54) is 34.8 Å². The molecule has 6 rings (SSSR count). The number of hydrogen-bond donors (Lipinski definition) is 4. The molecule has 5 aromatic rings. The van der Waals surface area contributed by atoms with Gasteiger partial charge in [-0.2, -0.15) is 0 Å². The van der Waals surface area contributed by atoms with Gasteiger partial charge in [-0.3, -0.25) is 9.59 Å². The predicted octanol–water partition coefficient (Wildman–Crippen LogP) is 5.91. The third-order valence-corrected chi connectivity index (χ3v) is 6.59. The maximum absolute atomic E-state index is 12.1. The van der Waals surface area contributed by atoms with Crippen LogP contribution in [0, 0.1) is 6.92 Å². The normalized spacial score (nSPS) is 11.7. The number of nitrogens with two attached hydrogens (primary N) is 1. The molecule has 0 atom stereocenters. The van der Waals surface area contributed by atoms with Gasteiger partial charge in [0.15, 0.2) is 6.29 Å². The highest BCUT2D eigenvalue weighted by Gasteiger charge is 2.21. The van der Waals surface area contributed by atoms with Crippen molar-refractivity contribution < 1.29 is 14.7 Å². The number of phenols is 1. The smallest absolute Gasteiger partial charge is 0.255 e. The molecule has 0 fully saturated rings. The summed E-state index contributed by atoms with van der Waals surface area (Å²) in [5, 5.41) is 15.8. The van der Waals surface area contributed by atoms with Crippen LogP contribution in [0.4, 0.5) is 17.1 Å². The Morgan fingerprint density at radius 3 is 2.62 bits per heavy atom. The molecule has 0 radical (unpaired) electrons. The van der Waals surface area contributed by atoms with Gasteiger partial charge in [0.2, 0.25) is 0 Å². The van der Waals surface area contributed by atoms with Crippen LogP contribution in [0.25, 0.3) is 21.8 Å². The lowest BCUT2D eigenvalue weighted by atomic mass is 9.97. The zero-order valence-corrected chi connectivity index (χ0v) is 22.7. The number of halogens is 1. The minimum Gasteiger partial charge on any atom is -0.507 e. The first-order valence-corrected chi connectivity index (χ1v) is 13.0. The lowest BCUT2D eigenvalue weighted by molar-refractivity contribution is 0.102. The van der Waals surface area contributed by atoms with E-state index in [0.717, 1.165) is 23.7 Å². The van der Waals surface area contributed by atoms with Gasteiger partial charge in [0.05, 0.1) is 17.6 Å². The number of nitrogens with one attached hydrogen (secondary N) is 2. The van der Waals surface area contributed by atoms with E-state index in [1.54, 1.807) is 36.4 Å². The van der Waals surface area contributed by atoms with Gasteiger partial charge in [-0.05, 0) is 66.3 Å². The average Bonchev–Trinajstić information content (AvgIpc) is 3.53. The molecule has 0 saturated carbocycles. The number of carbonyl (C=O) groups is 2. The lowest BCUT2D eigenvalue weighted by Gasteiger charge is -2.14. The summed E-state index contributed by atoms with van der Waals surface area (Å²) >= 11 is 4.64. The lowest BCUT2D eigenvalue weighted by Crippen LogP contribution is -2.12. The van der Waals surface area contributed by atoms with Gasteiger partial charge in [-0.1, -0.05) is 18.2 Å². The van der Waals surface area contributed by atoms with Crippen molar-refractivity contribution in [2.45, 2.75) is 13.3 Å². The van der Waals surface area contributed by atoms with Crippen LogP contribution in [0.1, 0.15) is 32.0 Å². The zero-order valence-electron chi connectivity index (χ0n) is 22.0. The molecule has 1 aliphatic rings. The zero-order chi connectivity index (χ0) is 28.1. The Morgan fingerprint density at radius 2 is 1.90 bits per heavy atom. The number of aryl methyl sites for hydroxylation is 1. The number of hydrogen-bond acceptors (Lipinski definition) is 6. The van der Waals surface area contributed by atoms with Crippen LogP contribution >= 0.6 is 11.6 Å². The Morgan fingerprint density at radius 1 is 1.15 bits per heavy atom. The molecule has 200 valence electrons. The van der Waals surface area contributed by atoms with E-state index in [1.807, 2.05) is 18.2 Å². The Hall–Kier alpha value is -4.56. The van der Waals surface area contributed by atoms with Gasteiger partial charge in [-0.15, -0.1) is 11.6 Å². The molecular weight excluding hydrogens is 514 g/mol. The topological polar surface area (TPSA) is 124 Å². The minimum absolute atomic E-state index is 0.248. The maximum atomic E-state index is 12.1. The van der Waals surface area contributed by atoms with Crippen molar-refractivity contribution in [1.29, 1.82) is 0 Å². The Bertz CT molecular complexity index is 1650. The van der Waals surface area contributed by atoms with Crippen molar-refractivity contribution in [3.63, 3.8) is 0 Å². The second-order valence-electron chi connectivity index (χ2n) is 9.14. The maximum Gasteiger partial charge on any atom is 0.255 e. The summed E-state index contributed by atoms with van der Waals surface area (Å²) in [6, 6.07) is 18.1. The number of H-pyrrole nitrogens is 1. The molecule has 0 spiro atoms. The van der Waals surface area contributed by atoms with Crippen LogP contribution in [0.5, 0.6) is 5.75 Å². The summed E-state index contributed by atoms with van der Waals surface area (Å²) in [7, 11) is 2.08. The number of fused-ring (bicyclic) bond motifs is 4. The number of aromatic hydroxyl groups is 1. The molecule has 8 nitrogen and oxygen atoms in total. The van der Waals surface area contributed by atoms with Crippen molar-refractivity contribution in [2.24, 2.45) is 0 Å². The molecule has 2 aromatic heterocycles. The Kier molecular flexibility index (Phi) is 8.36. The number of alkyl halides is 1. The molecule has 39 heavy (non-hydrogen) atoms. The monoisotopic (exact) mass is 543 g/mol. The standard InChI is InChI=1S/C15H12N4O2.C14H15NO.CH3Cl/c16-11-3-1-9(2-4-11)15(21)19-12-5-10-6-13(8-20)18-14(10)17-7-12;1-9-4-3-5-11-13(16)8-12-10(14(9)11)6-7-15(12)2;1-2/h1-8H,16H2,(H,17,18)(H,19,21);3-5,8,16H,6-7H2,1-2H3;1H3. The van der Waals surface area contributed by atoms with E-state index < -0.39 is 0 Å². The fraction of sp³-hybridized carbons (Fsp3) is 0.167. The number of likely N-dealkylation sites (N-methyl/N-ethyl adjacent to an activating group) is 1. The highest BCUT2D eigenvalue weighted by Crippen LogP contribution is 2.40. The summed E-state index contributed by atoms with van der Waals surface area (Å²) in [4.78, 5) is 32.0. The van der Waals surface area contributed by atoms with E-state index in [9.17, 15) is 14.7 Å². The number of aromatic amines is 1. The number of pyridine rings is 1.